The number of benzene rings is 1. The van der Waals surface area contributed by atoms with E-state index in [1.54, 1.807) is 17.5 Å². The fourth-order valence-corrected chi connectivity index (χ4v) is 5.31. The summed E-state index contributed by atoms with van der Waals surface area (Å²) >= 11 is 3.14. The highest BCUT2D eigenvalue weighted by molar-refractivity contribution is 8.01. The molecule has 2 aromatic heterocycles. The molecule has 0 saturated heterocycles. The van der Waals surface area contributed by atoms with Crippen LogP contribution >= 0.6 is 23.1 Å². The summed E-state index contributed by atoms with van der Waals surface area (Å²) in [5.41, 5.74) is 1.17. The van der Waals surface area contributed by atoms with Crippen molar-refractivity contribution >= 4 is 39.3 Å². The molecule has 23 heavy (non-hydrogen) atoms. The Bertz CT molecular complexity index is 869. The molecular formula is C18H15NO2S2. The summed E-state index contributed by atoms with van der Waals surface area (Å²) in [7, 11) is 0. The minimum atomic E-state index is -0.697. The number of carbonyl (C=O) groups is 1. The van der Waals surface area contributed by atoms with E-state index in [9.17, 15) is 9.90 Å². The van der Waals surface area contributed by atoms with Crippen molar-refractivity contribution in [1.82, 2.24) is 4.98 Å². The summed E-state index contributed by atoms with van der Waals surface area (Å²) in [5.74, 6) is -0.697. The van der Waals surface area contributed by atoms with E-state index in [-0.39, 0.29) is 0 Å². The minimum absolute atomic E-state index is 0.650. The number of aromatic nitrogens is 1. The first-order valence-electron chi connectivity index (χ1n) is 7.54. The first kappa shape index (κ1) is 14.7. The summed E-state index contributed by atoms with van der Waals surface area (Å²) in [6.07, 6.45) is 4.26. The van der Waals surface area contributed by atoms with Gasteiger partial charge in [-0.15, -0.1) is 23.1 Å². The summed E-state index contributed by atoms with van der Waals surface area (Å²) < 4.78 is -0.650. The molecule has 0 radical (unpaired) electrons. The van der Waals surface area contributed by atoms with Crippen LogP contribution in [0.5, 0.6) is 0 Å². The van der Waals surface area contributed by atoms with Crippen LogP contribution in [0.4, 0.5) is 0 Å². The molecule has 3 nitrogen and oxygen atoms in total. The molecule has 0 amide bonds. The van der Waals surface area contributed by atoms with Crippen molar-refractivity contribution in [2.75, 3.05) is 0 Å². The van der Waals surface area contributed by atoms with Gasteiger partial charge >= 0.3 is 5.97 Å². The van der Waals surface area contributed by atoms with Crippen molar-refractivity contribution < 1.29 is 9.90 Å². The lowest BCUT2D eigenvalue weighted by Crippen LogP contribution is -2.41. The third kappa shape index (κ3) is 2.54. The fraction of sp³-hybridized carbons (Fsp3) is 0.222. The van der Waals surface area contributed by atoms with E-state index in [0.717, 1.165) is 34.4 Å². The number of hydrogen-bond acceptors (Lipinski definition) is 4. The molecule has 4 rings (SSSR count). The molecule has 0 unspecified atom stereocenters. The topological polar surface area (TPSA) is 50.2 Å². The average Bonchev–Trinajstić information content (AvgIpc) is 2.96. The van der Waals surface area contributed by atoms with Gasteiger partial charge in [0.1, 0.15) is 9.58 Å². The number of thioether (sulfide) groups is 1. The summed E-state index contributed by atoms with van der Waals surface area (Å²) in [6.45, 7) is 0. The predicted molar refractivity (Wildman–Crippen MR) is 95.1 cm³/mol. The summed E-state index contributed by atoms with van der Waals surface area (Å²) in [5, 5.41) is 10.6. The van der Waals surface area contributed by atoms with Crippen LogP contribution in [0.15, 0.2) is 53.6 Å². The number of carboxylic acid groups (broad SMARTS) is 1. The van der Waals surface area contributed by atoms with Crippen LogP contribution in [-0.2, 0) is 4.79 Å². The fourth-order valence-electron chi connectivity index (χ4n) is 2.82. The Morgan fingerprint density at radius 1 is 1.22 bits per heavy atom. The summed E-state index contributed by atoms with van der Waals surface area (Å²) in [4.78, 5) is 19.3. The maximum Gasteiger partial charge on any atom is 0.320 e. The van der Waals surface area contributed by atoms with E-state index >= 15 is 0 Å². The van der Waals surface area contributed by atoms with Crippen molar-refractivity contribution in [2.24, 2.45) is 0 Å². The van der Waals surface area contributed by atoms with Gasteiger partial charge < -0.3 is 5.11 Å². The number of thiophene rings is 1. The van der Waals surface area contributed by atoms with Gasteiger partial charge in [-0.05, 0) is 37.0 Å². The van der Waals surface area contributed by atoms with Crippen LogP contribution in [0.1, 0.15) is 19.3 Å². The molecule has 3 aromatic rings. The third-order valence-electron chi connectivity index (χ3n) is 4.31. The number of hydrogen-bond donors (Lipinski definition) is 1. The molecule has 1 aliphatic carbocycles. The predicted octanol–water partition coefficient (Wildman–Crippen LogP) is 5.06. The third-order valence-corrected chi connectivity index (χ3v) is 6.95. The Labute approximate surface area is 142 Å². The molecule has 0 bridgehead atoms. The molecule has 1 aromatic carbocycles. The van der Waals surface area contributed by atoms with E-state index in [0.29, 0.717) is 0 Å². The molecule has 0 aliphatic heterocycles. The minimum Gasteiger partial charge on any atom is -0.480 e. The lowest BCUT2D eigenvalue weighted by molar-refractivity contribution is -0.142. The van der Waals surface area contributed by atoms with E-state index in [2.05, 4.69) is 23.2 Å². The Kier molecular flexibility index (Phi) is 3.62. The zero-order valence-corrected chi connectivity index (χ0v) is 14.0. The number of carboxylic acids is 1. The Balaban J connectivity index is 1.76. The van der Waals surface area contributed by atoms with Crippen LogP contribution in [-0.4, -0.2) is 20.8 Å². The molecule has 1 saturated carbocycles. The van der Waals surface area contributed by atoms with Crippen molar-refractivity contribution in [3.05, 3.63) is 48.7 Å². The molecule has 2 heterocycles. The number of pyridine rings is 1. The van der Waals surface area contributed by atoms with Crippen LogP contribution in [0, 0.1) is 0 Å². The second-order valence-electron chi connectivity index (χ2n) is 5.76. The zero-order chi connectivity index (χ0) is 15.9. The van der Waals surface area contributed by atoms with Gasteiger partial charge in [-0.25, -0.2) is 4.98 Å². The number of rotatable bonds is 4. The quantitative estimate of drug-likeness (QED) is 0.720. The van der Waals surface area contributed by atoms with Crippen molar-refractivity contribution in [3.63, 3.8) is 0 Å². The van der Waals surface area contributed by atoms with Gasteiger partial charge in [-0.3, -0.25) is 4.79 Å². The van der Waals surface area contributed by atoms with Crippen LogP contribution in [0.25, 0.3) is 20.7 Å². The van der Waals surface area contributed by atoms with Crippen LogP contribution in [0.2, 0.25) is 0 Å². The van der Waals surface area contributed by atoms with Crippen molar-refractivity contribution in [1.29, 1.82) is 0 Å². The van der Waals surface area contributed by atoms with Gasteiger partial charge in [-0.1, -0.05) is 30.3 Å². The molecule has 1 aliphatic rings. The number of aliphatic carboxylic acids is 1. The average molecular weight is 341 g/mol. The van der Waals surface area contributed by atoms with Crippen LogP contribution < -0.4 is 0 Å². The van der Waals surface area contributed by atoms with Gasteiger partial charge in [0.15, 0.2) is 0 Å². The van der Waals surface area contributed by atoms with E-state index in [1.807, 2.05) is 24.3 Å². The molecular weight excluding hydrogens is 326 g/mol. The standard InChI is InChI=1S/C18H15NO2S2/c20-17(21)18(8-4-9-18)23-14-7-10-19-16-13(14)11-15(22-16)12-5-2-1-3-6-12/h1-3,5-7,10-11H,4,8-9H2,(H,20,21). The number of nitrogens with zero attached hydrogens (tertiary/aromatic N) is 1. The highest BCUT2D eigenvalue weighted by Crippen LogP contribution is 2.50. The lowest BCUT2D eigenvalue weighted by atomic mass is 9.84. The van der Waals surface area contributed by atoms with Crippen molar-refractivity contribution in [2.45, 2.75) is 28.9 Å². The van der Waals surface area contributed by atoms with Crippen LogP contribution in [0.3, 0.4) is 0 Å². The molecule has 116 valence electrons. The first-order chi connectivity index (χ1) is 11.2. The van der Waals surface area contributed by atoms with Gasteiger partial charge in [0.05, 0.1) is 0 Å². The highest BCUT2D eigenvalue weighted by Gasteiger charge is 2.45. The monoisotopic (exact) mass is 341 g/mol. The second kappa shape index (κ2) is 5.65. The Morgan fingerprint density at radius 3 is 2.65 bits per heavy atom. The Hall–Kier alpha value is -1.85. The Morgan fingerprint density at radius 2 is 2.00 bits per heavy atom. The van der Waals surface area contributed by atoms with E-state index < -0.39 is 10.7 Å². The van der Waals surface area contributed by atoms with Gasteiger partial charge in [0, 0.05) is 21.4 Å². The maximum absolute atomic E-state index is 11.6. The van der Waals surface area contributed by atoms with E-state index in [4.69, 9.17) is 0 Å². The van der Waals surface area contributed by atoms with Gasteiger partial charge in [0.2, 0.25) is 0 Å². The van der Waals surface area contributed by atoms with Gasteiger partial charge in [-0.2, -0.15) is 0 Å². The molecule has 0 atom stereocenters. The largest absolute Gasteiger partial charge is 0.480 e. The molecule has 5 heteroatoms. The highest BCUT2D eigenvalue weighted by atomic mass is 32.2. The van der Waals surface area contributed by atoms with Gasteiger partial charge in [0.25, 0.3) is 0 Å². The first-order valence-corrected chi connectivity index (χ1v) is 9.18. The number of fused-ring (bicyclic) bond motifs is 1. The maximum atomic E-state index is 11.6. The smallest absolute Gasteiger partial charge is 0.320 e. The van der Waals surface area contributed by atoms with Crippen molar-refractivity contribution in [3.8, 4) is 10.4 Å². The zero-order valence-electron chi connectivity index (χ0n) is 12.4. The van der Waals surface area contributed by atoms with E-state index in [1.165, 1.54) is 22.2 Å². The SMILES string of the molecule is O=C(O)C1(Sc2ccnc3sc(-c4ccccc4)cc23)CCC1. The molecule has 1 fully saturated rings. The molecule has 0 spiro atoms. The molecule has 1 N–H and O–H groups in total. The normalized spacial score (nSPS) is 16.2. The second-order valence-corrected chi connectivity index (χ2v) is 8.22. The summed E-state index contributed by atoms with van der Waals surface area (Å²) in [6, 6.07) is 14.3. The lowest BCUT2D eigenvalue weighted by Gasteiger charge is -2.36.